The number of halogens is 3. The molecule has 1 amide bonds. The van der Waals surface area contributed by atoms with Crippen molar-refractivity contribution in [1.29, 1.82) is 0 Å². The lowest BCUT2D eigenvalue weighted by atomic mass is 10.1. The van der Waals surface area contributed by atoms with Crippen LogP contribution in [0, 0.1) is 0 Å². The van der Waals surface area contributed by atoms with Gasteiger partial charge < -0.3 is 4.74 Å². The van der Waals surface area contributed by atoms with Crippen molar-refractivity contribution in [2.24, 2.45) is 0 Å². The van der Waals surface area contributed by atoms with Gasteiger partial charge in [-0.3, -0.25) is 9.69 Å². The molecule has 25 heavy (non-hydrogen) atoms. The predicted octanol–water partition coefficient (Wildman–Crippen LogP) is 3.19. The van der Waals surface area contributed by atoms with Crippen molar-refractivity contribution in [2.45, 2.75) is 25.9 Å². The molecule has 2 aromatic rings. The van der Waals surface area contributed by atoms with Crippen LogP contribution in [-0.2, 0) is 17.6 Å². The molecule has 0 spiro atoms. The molecule has 1 aromatic carbocycles. The molecule has 134 valence electrons. The van der Waals surface area contributed by atoms with Crippen LogP contribution in [0.1, 0.15) is 18.3 Å². The topological polar surface area (TPSA) is 55.3 Å². The van der Waals surface area contributed by atoms with Crippen LogP contribution in [0.5, 0.6) is 5.75 Å². The Balaban J connectivity index is 1.97. The molecule has 0 bridgehead atoms. The van der Waals surface area contributed by atoms with E-state index in [0.717, 1.165) is 0 Å². The summed E-state index contributed by atoms with van der Waals surface area (Å²) in [5, 5.41) is 0. The average molecular weight is 353 g/mol. The SMILES string of the molecule is CCc1nccc(N(C)C(=O)Cc2ccc(OCC(F)(F)F)cc2)n1. The highest BCUT2D eigenvalue weighted by atomic mass is 19.4. The molecule has 0 radical (unpaired) electrons. The van der Waals surface area contributed by atoms with Crippen LogP contribution in [0.15, 0.2) is 36.5 Å². The molecule has 8 heteroatoms. The van der Waals surface area contributed by atoms with Gasteiger partial charge in [-0.1, -0.05) is 19.1 Å². The van der Waals surface area contributed by atoms with Crippen LogP contribution in [0.25, 0.3) is 0 Å². The number of likely N-dealkylation sites (N-methyl/N-ethyl adjacent to an activating group) is 1. The first-order valence-corrected chi connectivity index (χ1v) is 7.65. The van der Waals surface area contributed by atoms with Gasteiger partial charge in [0.15, 0.2) is 6.61 Å². The number of anilines is 1. The summed E-state index contributed by atoms with van der Waals surface area (Å²) in [6.07, 6.45) is -2.03. The number of amides is 1. The summed E-state index contributed by atoms with van der Waals surface area (Å²) in [4.78, 5) is 22.1. The van der Waals surface area contributed by atoms with E-state index in [4.69, 9.17) is 0 Å². The van der Waals surface area contributed by atoms with Crippen molar-refractivity contribution < 1.29 is 22.7 Å². The highest BCUT2D eigenvalue weighted by molar-refractivity contribution is 5.93. The first-order chi connectivity index (χ1) is 11.8. The van der Waals surface area contributed by atoms with E-state index in [-0.39, 0.29) is 18.1 Å². The number of carbonyl (C=O) groups is 1. The maximum Gasteiger partial charge on any atom is 0.422 e. The third kappa shape index (κ3) is 5.74. The van der Waals surface area contributed by atoms with Gasteiger partial charge in [-0.25, -0.2) is 9.97 Å². The molecule has 0 saturated heterocycles. The number of carbonyl (C=O) groups excluding carboxylic acids is 1. The van der Waals surface area contributed by atoms with Crippen LogP contribution < -0.4 is 9.64 Å². The van der Waals surface area contributed by atoms with Gasteiger partial charge in [0.1, 0.15) is 17.4 Å². The molecule has 1 heterocycles. The minimum absolute atomic E-state index is 0.0987. The van der Waals surface area contributed by atoms with Crippen LogP contribution in [-0.4, -0.2) is 35.7 Å². The van der Waals surface area contributed by atoms with Gasteiger partial charge in [0.05, 0.1) is 6.42 Å². The summed E-state index contributed by atoms with van der Waals surface area (Å²) < 4.78 is 41.0. The second kappa shape index (κ2) is 7.96. The third-order valence-electron chi connectivity index (χ3n) is 3.41. The number of aryl methyl sites for hydroxylation is 1. The van der Waals surface area contributed by atoms with Crippen LogP contribution in [0.2, 0.25) is 0 Å². The number of hydrogen-bond acceptors (Lipinski definition) is 4. The zero-order valence-electron chi connectivity index (χ0n) is 13.9. The van der Waals surface area contributed by atoms with E-state index in [1.54, 1.807) is 31.4 Å². The highest BCUT2D eigenvalue weighted by Gasteiger charge is 2.28. The van der Waals surface area contributed by atoms with E-state index in [1.807, 2.05) is 6.92 Å². The molecule has 0 fully saturated rings. The lowest BCUT2D eigenvalue weighted by Gasteiger charge is -2.16. The fraction of sp³-hybridized carbons (Fsp3) is 0.353. The molecule has 0 N–H and O–H groups in total. The van der Waals surface area contributed by atoms with Gasteiger partial charge in [-0.2, -0.15) is 13.2 Å². The number of ether oxygens (including phenoxy) is 1. The van der Waals surface area contributed by atoms with Crippen molar-refractivity contribution in [3.05, 3.63) is 47.9 Å². The summed E-state index contributed by atoms with van der Waals surface area (Å²) in [5.74, 6) is 1.06. The number of nitrogens with zero attached hydrogens (tertiary/aromatic N) is 3. The van der Waals surface area contributed by atoms with Gasteiger partial charge >= 0.3 is 6.18 Å². The largest absolute Gasteiger partial charge is 0.484 e. The predicted molar refractivity (Wildman–Crippen MR) is 86.5 cm³/mol. The molecule has 0 saturated carbocycles. The molecule has 2 rings (SSSR count). The van der Waals surface area contributed by atoms with Crippen molar-refractivity contribution in [2.75, 3.05) is 18.6 Å². The number of aromatic nitrogens is 2. The Hall–Kier alpha value is -2.64. The summed E-state index contributed by atoms with van der Waals surface area (Å²) >= 11 is 0. The number of benzene rings is 1. The zero-order chi connectivity index (χ0) is 18.4. The van der Waals surface area contributed by atoms with Crippen LogP contribution in [0.4, 0.5) is 19.0 Å². The molecule has 0 unspecified atom stereocenters. The second-order valence-electron chi connectivity index (χ2n) is 5.36. The Kier molecular flexibility index (Phi) is 5.95. The molecule has 5 nitrogen and oxygen atoms in total. The molecule has 0 atom stereocenters. The van der Waals surface area contributed by atoms with Gasteiger partial charge in [0, 0.05) is 19.7 Å². The third-order valence-corrected chi connectivity index (χ3v) is 3.41. The minimum Gasteiger partial charge on any atom is -0.484 e. The lowest BCUT2D eigenvalue weighted by Crippen LogP contribution is -2.29. The van der Waals surface area contributed by atoms with E-state index in [0.29, 0.717) is 23.6 Å². The van der Waals surface area contributed by atoms with Crippen molar-refractivity contribution in [1.82, 2.24) is 9.97 Å². The van der Waals surface area contributed by atoms with E-state index in [1.165, 1.54) is 17.0 Å². The molecular formula is C17H18F3N3O2. The summed E-state index contributed by atoms with van der Waals surface area (Å²) in [6.45, 7) is 0.574. The second-order valence-corrected chi connectivity index (χ2v) is 5.36. The van der Waals surface area contributed by atoms with Crippen molar-refractivity contribution in [3.63, 3.8) is 0 Å². The Bertz CT molecular complexity index is 718. The summed E-state index contributed by atoms with van der Waals surface area (Å²) in [6, 6.07) is 7.59. The van der Waals surface area contributed by atoms with E-state index in [9.17, 15) is 18.0 Å². The maximum atomic E-state index is 12.3. The van der Waals surface area contributed by atoms with Gasteiger partial charge in [0.25, 0.3) is 0 Å². The van der Waals surface area contributed by atoms with Crippen LogP contribution >= 0.6 is 0 Å². The Morgan fingerprint density at radius 1 is 1.20 bits per heavy atom. The molecule has 0 aliphatic rings. The summed E-state index contributed by atoms with van der Waals surface area (Å²) in [5.41, 5.74) is 0.668. The first-order valence-electron chi connectivity index (χ1n) is 7.65. The van der Waals surface area contributed by atoms with E-state index >= 15 is 0 Å². The Labute approximate surface area is 143 Å². The maximum absolute atomic E-state index is 12.3. The molecule has 0 aliphatic carbocycles. The van der Waals surface area contributed by atoms with E-state index < -0.39 is 12.8 Å². The molecular weight excluding hydrogens is 335 g/mol. The van der Waals surface area contributed by atoms with Gasteiger partial charge in [-0.15, -0.1) is 0 Å². The number of rotatable bonds is 6. The first kappa shape index (κ1) is 18.7. The standard InChI is InChI=1S/C17H18F3N3O2/c1-3-14-21-9-8-15(22-14)23(2)16(24)10-12-4-6-13(7-5-12)25-11-17(18,19)20/h4-9H,3,10-11H2,1-2H3. The van der Waals surface area contributed by atoms with Gasteiger partial charge in [-0.05, 0) is 23.8 Å². The normalized spacial score (nSPS) is 11.2. The minimum atomic E-state index is -4.38. The fourth-order valence-corrected chi connectivity index (χ4v) is 2.04. The highest BCUT2D eigenvalue weighted by Crippen LogP contribution is 2.19. The zero-order valence-corrected chi connectivity index (χ0v) is 13.9. The average Bonchev–Trinajstić information content (AvgIpc) is 2.59. The van der Waals surface area contributed by atoms with E-state index in [2.05, 4.69) is 14.7 Å². The number of alkyl halides is 3. The molecule has 0 aliphatic heterocycles. The fourth-order valence-electron chi connectivity index (χ4n) is 2.04. The molecule has 1 aromatic heterocycles. The summed E-state index contributed by atoms with van der Waals surface area (Å²) in [7, 11) is 1.62. The Morgan fingerprint density at radius 2 is 1.88 bits per heavy atom. The monoisotopic (exact) mass is 353 g/mol. The quantitative estimate of drug-likeness (QED) is 0.800. The van der Waals surface area contributed by atoms with Gasteiger partial charge in [0.2, 0.25) is 5.91 Å². The Morgan fingerprint density at radius 3 is 2.48 bits per heavy atom. The smallest absolute Gasteiger partial charge is 0.422 e. The van der Waals surface area contributed by atoms with Crippen molar-refractivity contribution in [3.8, 4) is 5.75 Å². The van der Waals surface area contributed by atoms with Crippen LogP contribution in [0.3, 0.4) is 0 Å². The lowest BCUT2D eigenvalue weighted by molar-refractivity contribution is -0.153. The number of hydrogen-bond donors (Lipinski definition) is 0. The van der Waals surface area contributed by atoms with Crippen molar-refractivity contribution >= 4 is 11.7 Å².